The van der Waals surface area contributed by atoms with E-state index in [2.05, 4.69) is 19.2 Å². The minimum Gasteiger partial charge on any atom is -0.467 e. The highest BCUT2D eigenvalue weighted by Gasteiger charge is 2.16. The average molecular weight is 197 g/mol. The Labute approximate surface area is 85.4 Å². The molecule has 0 aromatic carbocycles. The van der Waals surface area contributed by atoms with Gasteiger partial charge in [0.25, 0.3) is 0 Å². The van der Waals surface area contributed by atoms with Crippen molar-refractivity contribution < 1.29 is 9.15 Å². The summed E-state index contributed by atoms with van der Waals surface area (Å²) < 4.78 is 10.7. The average Bonchev–Trinajstić information content (AvgIpc) is 2.56. The van der Waals surface area contributed by atoms with Gasteiger partial charge in [-0.3, -0.25) is 0 Å². The van der Waals surface area contributed by atoms with Crippen molar-refractivity contribution in [3.05, 3.63) is 24.2 Å². The van der Waals surface area contributed by atoms with Crippen LogP contribution in [0.4, 0.5) is 0 Å². The highest BCUT2D eigenvalue weighted by atomic mass is 16.5. The summed E-state index contributed by atoms with van der Waals surface area (Å²) in [4.78, 5) is 0. The predicted octanol–water partition coefficient (Wildman–Crippen LogP) is 2.04. The van der Waals surface area contributed by atoms with Crippen LogP contribution in [0.15, 0.2) is 22.8 Å². The van der Waals surface area contributed by atoms with Gasteiger partial charge >= 0.3 is 0 Å². The van der Waals surface area contributed by atoms with Gasteiger partial charge in [0, 0.05) is 12.0 Å². The number of furan rings is 1. The lowest BCUT2D eigenvalue weighted by atomic mass is 9.95. The van der Waals surface area contributed by atoms with Crippen molar-refractivity contribution in [3.8, 4) is 0 Å². The molecule has 80 valence electrons. The van der Waals surface area contributed by atoms with Crippen LogP contribution in [0.5, 0.6) is 0 Å². The molecule has 1 aromatic rings. The van der Waals surface area contributed by atoms with Crippen LogP contribution in [0.2, 0.25) is 0 Å². The zero-order valence-electron chi connectivity index (χ0n) is 9.17. The molecular formula is C11H19NO2. The zero-order valence-corrected chi connectivity index (χ0v) is 9.17. The van der Waals surface area contributed by atoms with E-state index in [4.69, 9.17) is 9.15 Å². The molecule has 3 nitrogen and oxygen atoms in total. The molecule has 1 aromatic heterocycles. The largest absolute Gasteiger partial charge is 0.467 e. The minimum absolute atomic E-state index is 0.168. The second-order valence-corrected chi connectivity index (χ2v) is 4.27. The van der Waals surface area contributed by atoms with Crippen LogP contribution in [0.25, 0.3) is 0 Å². The molecule has 1 heterocycles. The van der Waals surface area contributed by atoms with E-state index < -0.39 is 0 Å². The summed E-state index contributed by atoms with van der Waals surface area (Å²) in [5, 5.41) is 3.15. The maximum atomic E-state index is 5.56. The summed E-state index contributed by atoms with van der Waals surface area (Å²) in [5.74, 6) is 0.880. The lowest BCUT2D eigenvalue weighted by molar-refractivity contribution is 0.0433. The second-order valence-electron chi connectivity index (χ2n) is 4.27. The lowest BCUT2D eigenvalue weighted by Gasteiger charge is -2.23. The van der Waals surface area contributed by atoms with Crippen LogP contribution < -0.4 is 5.32 Å². The van der Waals surface area contributed by atoms with Gasteiger partial charge < -0.3 is 14.5 Å². The number of rotatable bonds is 6. The predicted molar refractivity (Wildman–Crippen MR) is 56.1 cm³/mol. The smallest absolute Gasteiger partial charge is 0.129 e. The monoisotopic (exact) mass is 197 g/mol. The van der Waals surface area contributed by atoms with Gasteiger partial charge in [-0.2, -0.15) is 0 Å². The maximum absolute atomic E-state index is 5.56. The Bertz CT molecular complexity index is 242. The van der Waals surface area contributed by atoms with E-state index in [9.17, 15) is 0 Å². The van der Waals surface area contributed by atoms with Crippen molar-refractivity contribution in [3.63, 3.8) is 0 Å². The van der Waals surface area contributed by atoms with Crippen molar-refractivity contribution in [2.75, 3.05) is 20.2 Å². The minimum atomic E-state index is 0.168. The molecule has 0 bridgehead atoms. The first kappa shape index (κ1) is 11.3. The Morgan fingerprint density at radius 2 is 2.29 bits per heavy atom. The van der Waals surface area contributed by atoms with Crippen molar-refractivity contribution >= 4 is 0 Å². The van der Waals surface area contributed by atoms with Crippen LogP contribution in [-0.2, 0) is 11.3 Å². The molecule has 3 heteroatoms. The SMILES string of the molecule is CNCC(C)(C)COCc1ccco1. The topological polar surface area (TPSA) is 34.4 Å². The van der Waals surface area contributed by atoms with Crippen LogP contribution in [0.3, 0.4) is 0 Å². The van der Waals surface area contributed by atoms with Crippen LogP contribution in [0.1, 0.15) is 19.6 Å². The molecule has 14 heavy (non-hydrogen) atoms. The molecule has 0 spiro atoms. The Kier molecular flexibility index (Phi) is 4.17. The quantitative estimate of drug-likeness (QED) is 0.757. The van der Waals surface area contributed by atoms with E-state index in [-0.39, 0.29) is 5.41 Å². The summed E-state index contributed by atoms with van der Waals surface area (Å²) >= 11 is 0. The van der Waals surface area contributed by atoms with Crippen molar-refractivity contribution in [2.24, 2.45) is 5.41 Å². The molecule has 1 N–H and O–H groups in total. The molecule has 0 aliphatic carbocycles. The van der Waals surface area contributed by atoms with Crippen molar-refractivity contribution in [2.45, 2.75) is 20.5 Å². The highest BCUT2D eigenvalue weighted by molar-refractivity contribution is 4.96. The number of hydrogen-bond acceptors (Lipinski definition) is 3. The zero-order chi connectivity index (χ0) is 10.4. The van der Waals surface area contributed by atoms with E-state index in [0.29, 0.717) is 6.61 Å². The molecule has 0 aliphatic rings. The summed E-state index contributed by atoms with van der Waals surface area (Å²) in [6.07, 6.45) is 1.66. The molecule has 0 radical (unpaired) electrons. The van der Waals surface area contributed by atoms with Crippen molar-refractivity contribution in [1.82, 2.24) is 5.32 Å². The van der Waals surface area contributed by atoms with Gasteiger partial charge in [-0.05, 0) is 19.2 Å². The van der Waals surface area contributed by atoms with Gasteiger partial charge in [0.05, 0.1) is 12.9 Å². The van der Waals surface area contributed by atoms with Gasteiger partial charge in [0.2, 0.25) is 0 Å². The third-order valence-corrected chi connectivity index (χ3v) is 1.97. The maximum Gasteiger partial charge on any atom is 0.129 e. The second kappa shape index (κ2) is 5.17. The molecule has 1 rings (SSSR count). The molecule has 0 aliphatic heterocycles. The van der Waals surface area contributed by atoms with E-state index in [1.165, 1.54) is 0 Å². The standard InChI is InChI=1S/C11H19NO2/c1-11(2,8-12-3)9-13-7-10-5-4-6-14-10/h4-6,12H,7-9H2,1-3H3. The summed E-state index contributed by atoms with van der Waals surface area (Å²) in [7, 11) is 1.95. The van der Waals surface area contributed by atoms with Gasteiger partial charge in [0.1, 0.15) is 12.4 Å². The van der Waals surface area contributed by atoms with Crippen molar-refractivity contribution in [1.29, 1.82) is 0 Å². The number of hydrogen-bond donors (Lipinski definition) is 1. The first-order valence-corrected chi connectivity index (χ1v) is 4.89. The first-order chi connectivity index (χ1) is 6.64. The molecule has 0 atom stereocenters. The van der Waals surface area contributed by atoms with Crippen LogP contribution >= 0.6 is 0 Å². The third kappa shape index (κ3) is 3.94. The fourth-order valence-electron chi connectivity index (χ4n) is 1.35. The Balaban J connectivity index is 2.20. The number of nitrogens with one attached hydrogen (secondary N) is 1. The van der Waals surface area contributed by atoms with E-state index in [1.807, 2.05) is 19.2 Å². The molecule has 0 amide bonds. The molecule has 0 saturated heterocycles. The Hall–Kier alpha value is -0.800. The lowest BCUT2D eigenvalue weighted by Crippen LogP contribution is -2.31. The van der Waals surface area contributed by atoms with Gasteiger partial charge in [-0.25, -0.2) is 0 Å². The highest BCUT2D eigenvalue weighted by Crippen LogP contribution is 2.14. The van der Waals surface area contributed by atoms with Gasteiger partial charge in [0.15, 0.2) is 0 Å². The Morgan fingerprint density at radius 3 is 2.86 bits per heavy atom. The van der Waals surface area contributed by atoms with E-state index in [1.54, 1.807) is 6.26 Å². The first-order valence-electron chi connectivity index (χ1n) is 4.89. The number of ether oxygens (including phenoxy) is 1. The normalized spacial score (nSPS) is 11.9. The van der Waals surface area contributed by atoms with Gasteiger partial charge in [-0.15, -0.1) is 0 Å². The van der Waals surface area contributed by atoms with Gasteiger partial charge in [-0.1, -0.05) is 13.8 Å². The van der Waals surface area contributed by atoms with Crippen LogP contribution in [-0.4, -0.2) is 20.2 Å². The Morgan fingerprint density at radius 1 is 1.50 bits per heavy atom. The molecule has 0 unspecified atom stereocenters. The summed E-state index contributed by atoms with van der Waals surface area (Å²) in [6.45, 7) is 6.58. The summed E-state index contributed by atoms with van der Waals surface area (Å²) in [6, 6.07) is 3.79. The third-order valence-electron chi connectivity index (χ3n) is 1.97. The molecular weight excluding hydrogens is 178 g/mol. The molecule has 0 saturated carbocycles. The van der Waals surface area contributed by atoms with E-state index in [0.717, 1.165) is 18.9 Å². The fraction of sp³-hybridized carbons (Fsp3) is 0.636. The fourth-order valence-corrected chi connectivity index (χ4v) is 1.35. The van der Waals surface area contributed by atoms with E-state index >= 15 is 0 Å². The van der Waals surface area contributed by atoms with Crippen LogP contribution in [0, 0.1) is 5.41 Å². The summed E-state index contributed by atoms with van der Waals surface area (Å²) in [5.41, 5.74) is 0.168. The molecule has 0 fully saturated rings.